The lowest BCUT2D eigenvalue weighted by molar-refractivity contribution is 0.144. The molecule has 0 aliphatic rings. The first-order valence-corrected chi connectivity index (χ1v) is 7.68. The van der Waals surface area contributed by atoms with Crippen molar-refractivity contribution in [2.24, 2.45) is 0 Å². The van der Waals surface area contributed by atoms with E-state index in [9.17, 15) is 0 Å². The van der Waals surface area contributed by atoms with E-state index in [4.69, 9.17) is 4.74 Å². The van der Waals surface area contributed by atoms with E-state index in [0.29, 0.717) is 6.04 Å². The van der Waals surface area contributed by atoms with Crippen molar-refractivity contribution in [3.63, 3.8) is 0 Å². The van der Waals surface area contributed by atoms with Gasteiger partial charge in [0.1, 0.15) is 0 Å². The number of likely N-dealkylation sites (N-methyl/N-ethyl adjacent to an activating group) is 1. The first kappa shape index (κ1) is 15.6. The van der Waals surface area contributed by atoms with Crippen molar-refractivity contribution in [3.05, 3.63) is 22.4 Å². The lowest BCUT2D eigenvalue weighted by atomic mass is 10.2. The molecule has 0 aromatic carbocycles. The summed E-state index contributed by atoms with van der Waals surface area (Å²) in [4.78, 5) is 2.39. The van der Waals surface area contributed by atoms with Crippen molar-refractivity contribution in [3.8, 4) is 0 Å². The molecule has 0 bridgehead atoms. The van der Waals surface area contributed by atoms with Gasteiger partial charge in [0.05, 0.1) is 0 Å². The van der Waals surface area contributed by atoms with E-state index >= 15 is 0 Å². The summed E-state index contributed by atoms with van der Waals surface area (Å²) in [5, 5.41) is 7.85. The fourth-order valence-electron chi connectivity index (χ4n) is 1.74. The van der Waals surface area contributed by atoms with Gasteiger partial charge in [0.2, 0.25) is 0 Å². The van der Waals surface area contributed by atoms with E-state index in [1.54, 1.807) is 11.3 Å². The molecular formula is C14H26N2OS. The van der Waals surface area contributed by atoms with Gasteiger partial charge in [-0.2, -0.15) is 11.3 Å². The molecule has 1 aromatic heterocycles. The van der Waals surface area contributed by atoms with Crippen LogP contribution in [0.5, 0.6) is 0 Å². The molecule has 1 unspecified atom stereocenters. The third kappa shape index (κ3) is 6.50. The minimum atomic E-state index is 0.553. The SMILES string of the molecule is CCOCCCNCC(C)N(C)Cc1ccsc1. The molecule has 0 radical (unpaired) electrons. The van der Waals surface area contributed by atoms with E-state index in [1.807, 2.05) is 6.92 Å². The van der Waals surface area contributed by atoms with Crippen LogP contribution in [0, 0.1) is 0 Å². The van der Waals surface area contributed by atoms with Crippen LogP contribution in [-0.2, 0) is 11.3 Å². The van der Waals surface area contributed by atoms with E-state index < -0.39 is 0 Å². The van der Waals surface area contributed by atoms with E-state index in [2.05, 4.69) is 41.0 Å². The van der Waals surface area contributed by atoms with Crippen LogP contribution in [0.25, 0.3) is 0 Å². The maximum Gasteiger partial charge on any atom is 0.0477 e. The van der Waals surface area contributed by atoms with Crippen LogP contribution in [0.1, 0.15) is 25.8 Å². The molecule has 1 heterocycles. The summed E-state index contributed by atoms with van der Waals surface area (Å²) in [6.45, 7) is 9.09. The number of rotatable bonds is 10. The molecule has 1 rings (SSSR count). The quantitative estimate of drug-likeness (QED) is 0.661. The van der Waals surface area contributed by atoms with Crippen LogP contribution in [0.3, 0.4) is 0 Å². The van der Waals surface area contributed by atoms with Crippen molar-refractivity contribution in [1.82, 2.24) is 10.2 Å². The second-order valence-corrected chi connectivity index (χ2v) is 5.43. The van der Waals surface area contributed by atoms with Crippen LogP contribution >= 0.6 is 11.3 Å². The highest BCUT2D eigenvalue weighted by Gasteiger charge is 2.09. The Balaban J connectivity index is 2.06. The van der Waals surface area contributed by atoms with Crippen molar-refractivity contribution >= 4 is 11.3 Å². The molecule has 0 saturated carbocycles. The molecule has 4 heteroatoms. The molecule has 18 heavy (non-hydrogen) atoms. The summed E-state index contributed by atoms with van der Waals surface area (Å²) < 4.78 is 5.31. The maximum atomic E-state index is 5.31. The van der Waals surface area contributed by atoms with Gasteiger partial charge in [-0.15, -0.1) is 0 Å². The summed E-state index contributed by atoms with van der Waals surface area (Å²) in [6, 6.07) is 2.75. The molecule has 3 nitrogen and oxygen atoms in total. The summed E-state index contributed by atoms with van der Waals surface area (Å²) >= 11 is 1.77. The number of thiophene rings is 1. The van der Waals surface area contributed by atoms with E-state index in [0.717, 1.165) is 39.3 Å². The van der Waals surface area contributed by atoms with Crippen LogP contribution in [0.4, 0.5) is 0 Å². The van der Waals surface area contributed by atoms with Gasteiger partial charge in [0.15, 0.2) is 0 Å². The number of nitrogens with zero attached hydrogens (tertiary/aromatic N) is 1. The maximum absolute atomic E-state index is 5.31. The Labute approximate surface area is 115 Å². The Morgan fingerprint density at radius 2 is 2.33 bits per heavy atom. The minimum Gasteiger partial charge on any atom is -0.382 e. The largest absolute Gasteiger partial charge is 0.382 e. The van der Waals surface area contributed by atoms with E-state index in [-0.39, 0.29) is 0 Å². The van der Waals surface area contributed by atoms with Gasteiger partial charge in [-0.3, -0.25) is 4.90 Å². The predicted octanol–water partition coefficient (Wildman–Crippen LogP) is 2.58. The van der Waals surface area contributed by atoms with E-state index in [1.165, 1.54) is 5.56 Å². The Hall–Kier alpha value is -0.420. The molecule has 0 saturated heterocycles. The monoisotopic (exact) mass is 270 g/mol. The molecule has 0 aliphatic heterocycles. The van der Waals surface area contributed by atoms with Gasteiger partial charge in [-0.25, -0.2) is 0 Å². The van der Waals surface area contributed by atoms with Gasteiger partial charge in [-0.05, 0) is 56.3 Å². The first-order valence-electron chi connectivity index (χ1n) is 6.73. The van der Waals surface area contributed by atoms with Gasteiger partial charge in [-0.1, -0.05) is 0 Å². The van der Waals surface area contributed by atoms with Gasteiger partial charge in [0, 0.05) is 32.3 Å². The third-order valence-electron chi connectivity index (χ3n) is 3.05. The van der Waals surface area contributed by atoms with Crippen molar-refractivity contribution < 1.29 is 4.74 Å². The molecule has 0 aliphatic carbocycles. The molecule has 1 aromatic rings. The number of ether oxygens (including phenoxy) is 1. The molecule has 0 fully saturated rings. The highest BCUT2D eigenvalue weighted by Crippen LogP contribution is 2.09. The Bertz CT molecular complexity index is 290. The van der Waals surface area contributed by atoms with Crippen LogP contribution in [0.2, 0.25) is 0 Å². The number of nitrogens with one attached hydrogen (secondary N) is 1. The van der Waals surface area contributed by atoms with Gasteiger partial charge >= 0.3 is 0 Å². The summed E-state index contributed by atoms with van der Waals surface area (Å²) in [6.07, 6.45) is 1.09. The zero-order valence-corrected chi connectivity index (χ0v) is 12.6. The summed E-state index contributed by atoms with van der Waals surface area (Å²) in [5.74, 6) is 0. The normalized spacial score (nSPS) is 13.1. The molecule has 1 atom stereocenters. The summed E-state index contributed by atoms with van der Waals surface area (Å²) in [5.41, 5.74) is 1.41. The van der Waals surface area contributed by atoms with Crippen LogP contribution in [-0.4, -0.2) is 44.3 Å². The van der Waals surface area contributed by atoms with Gasteiger partial charge < -0.3 is 10.1 Å². The fourth-order valence-corrected chi connectivity index (χ4v) is 2.40. The van der Waals surface area contributed by atoms with Crippen molar-refractivity contribution in [2.75, 3.05) is 33.4 Å². The Kier molecular flexibility index (Phi) is 8.25. The standard InChI is InChI=1S/C14H26N2OS/c1-4-17-8-5-7-15-10-13(2)16(3)11-14-6-9-18-12-14/h6,9,12-13,15H,4-5,7-8,10-11H2,1-3H3. The highest BCUT2D eigenvalue weighted by molar-refractivity contribution is 7.07. The molecule has 0 spiro atoms. The number of hydrogen-bond donors (Lipinski definition) is 1. The average molecular weight is 270 g/mol. The molecular weight excluding hydrogens is 244 g/mol. The van der Waals surface area contributed by atoms with Gasteiger partial charge in [0.25, 0.3) is 0 Å². The predicted molar refractivity (Wildman–Crippen MR) is 79.2 cm³/mol. The van der Waals surface area contributed by atoms with Crippen LogP contribution in [0.15, 0.2) is 16.8 Å². The fraction of sp³-hybridized carbons (Fsp3) is 0.714. The highest BCUT2D eigenvalue weighted by atomic mass is 32.1. The lowest BCUT2D eigenvalue weighted by Crippen LogP contribution is -2.37. The Morgan fingerprint density at radius 1 is 1.50 bits per heavy atom. The Morgan fingerprint density at radius 3 is 3.00 bits per heavy atom. The summed E-state index contributed by atoms with van der Waals surface area (Å²) in [7, 11) is 2.18. The van der Waals surface area contributed by atoms with Crippen LogP contribution < -0.4 is 5.32 Å². The zero-order valence-electron chi connectivity index (χ0n) is 11.8. The van der Waals surface area contributed by atoms with Crippen molar-refractivity contribution in [1.29, 1.82) is 0 Å². The number of hydrogen-bond acceptors (Lipinski definition) is 4. The minimum absolute atomic E-state index is 0.553. The smallest absolute Gasteiger partial charge is 0.0477 e. The molecule has 1 N–H and O–H groups in total. The molecule has 0 amide bonds. The topological polar surface area (TPSA) is 24.5 Å². The zero-order chi connectivity index (χ0) is 13.2. The second kappa shape index (κ2) is 9.50. The second-order valence-electron chi connectivity index (χ2n) is 4.65. The average Bonchev–Trinajstić information content (AvgIpc) is 2.86. The lowest BCUT2D eigenvalue weighted by Gasteiger charge is -2.24. The molecule has 104 valence electrons. The third-order valence-corrected chi connectivity index (χ3v) is 3.78. The van der Waals surface area contributed by atoms with Crippen molar-refractivity contribution in [2.45, 2.75) is 32.9 Å². The first-order chi connectivity index (χ1) is 8.74.